The van der Waals surface area contributed by atoms with E-state index in [-0.39, 0.29) is 29.1 Å². The van der Waals surface area contributed by atoms with Crippen LogP contribution in [-0.2, 0) is 9.53 Å². The minimum atomic E-state index is -0.309. The molecule has 0 aliphatic carbocycles. The van der Waals surface area contributed by atoms with Gasteiger partial charge in [0.15, 0.2) is 0 Å². The summed E-state index contributed by atoms with van der Waals surface area (Å²) < 4.78 is 18.4. The number of amides is 2. The summed E-state index contributed by atoms with van der Waals surface area (Å²) in [6.45, 7) is 0.784. The Kier molecular flexibility index (Phi) is 8.57. The zero-order valence-electron chi connectivity index (χ0n) is 14.8. The lowest BCUT2D eigenvalue weighted by molar-refractivity contribution is -0.115. The molecule has 0 spiro atoms. The fourth-order valence-electron chi connectivity index (χ4n) is 2.18. The van der Waals surface area contributed by atoms with Gasteiger partial charge in [-0.2, -0.15) is 0 Å². The van der Waals surface area contributed by atoms with Crippen molar-refractivity contribution in [2.24, 2.45) is 0 Å². The number of hydrogen-bond donors (Lipinski definition) is 2. The third-order valence-corrected chi connectivity index (χ3v) is 4.88. The van der Waals surface area contributed by atoms with E-state index in [4.69, 9.17) is 16.3 Å². The third-order valence-electron chi connectivity index (χ3n) is 3.51. The first kappa shape index (κ1) is 21.2. The zero-order chi connectivity index (χ0) is 19.6. The normalized spacial score (nSPS) is 10.5. The van der Waals surface area contributed by atoms with E-state index in [1.54, 1.807) is 37.4 Å². The minimum Gasteiger partial charge on any atom is -0.383 e. The summed E-state index contributed by atoms with van der Waals surface area (Å²) in [5.41, 5.74) is 0.815. The van der Waals surface area contributed by atoms with Gasteiger partial charge in [0.2, 0.25) is 5.91 Å². The SMILES string of the molecule is COCCNC(=O)c1ccc(NC(=O)CCSc2ccccc2F)cc1Cl. The smallest absolute Gasteiger partial charge is 0.252 e. The summed E-state index contributed by atoms with van der Waals surface area (Å²) in [6, 6.07) is 11.1. The quantitative estimate of drug-likeness (QED) is 0.484. The van der Waals surface area contributed by atoms with Gasteiger partial charge in [0.25, 0.3) is 5.91 Å². The van der Waals surface area contributed by atoms with Gasteiger partial charge in [0.1, 0.15) is 5.82 Å². The lowest BCUT2D eigenvalue weighted by atomic mass is 10.2. The molecule has 0 aliphatic heterocycles. The molecule has 2 amide bonds. The molecule has 144 valence electrons. The molecule has 0 aromatic heterocycles. The first-order valence-corrected chi connectivity index (χ1v) is 9.61. The average Bonchev–Trinajstić information content (AvgIpc) is 2.63. The highest BCUT2D eigenvalue weighted by Crippen LogP contribution is 2.23. The first-order valence-electron chi connectivity index (χ1n) is 8.25. The summed E-state index contributed by atoms with van der Waals surface area (Å²) in [5, 5.41) is 5.64. The molecular formula is C19H20ClFN2O3S. The molecule has 0 radical (unpaired) electrons. The van der Waals surface area contributed by atoms with E-state index in [1.165, 1.54) is 23.9 Å². The summed E-state index contributed by atoms with van der Waals surface area (Å²) >= 11 is 7.41. The predicted octanol–water partition coefficient (Wildman–Crippen LogP) is 3.98. The fourth-order valence-corrected chi connectivity index (χ4v) is 3.33. The largest absolute Gasteiger partial charge is 0.383 e. The highest BCUT2D eigenvalue weighted by Gasteiger charge is 2.12. The van der Waals surface area contributed by atoms with Gasteiger partial charge in [-0.1, -0.05) is 23.7 Å². The van der Waals surface area contributed by atoms with Crippen LogP contribution in [0.3, 0.4) is 0 Å². The number of benzene rings is 2. The number of halogens is 2. The summed E-state index contributed by atoms with van der Waals surface area (Å²) in [6.07, 6.45) is 0.218. The minimum absolute atomic E-state index is 0.216. The number of nitrogens with one attached hydrogen (secondary N) is 2. The molecule has 27 heavy (non-hydrogen) atoms. The molecule has 8 heteroatoms. The Morgan fingerprint density at radius 3 is 2.70 bits per heavy atom. The van der Waals surface area contributed by atoms with Crippen LogP contribution in [0.15, 0.2) is 47.4 Å². The monoisotopic (exact) mass is 410 g/mol. The van der Waals surface area contributed by atoms with Crippen molar-refractivity contribution in [3.05, 3.63) is 58.9 Å². The molecular weight excluding hydrogens is 391 g/mol. The van der Waals surface area contributed by atoms with E-state index in [2.05, 4.69) is 10.6 Å². The van der Waals surface area contributed by atoms with Crippen LogP contribution in [0.1, 0.15) is 16.8 Å². The third kappa shape index (κ3) is 6.86. The van der Waals surface area contributed by atoms with Crippen molar-refractivity contribution in [1.29, 1.82) is 0 Å². The number of ether oxygens (including phenoxy) is 1. The molecule has 5 nitrogen and oxygen atoms in total. The Morgan fingerprint density at radius 2 is 2.00 bits per heavy atom. The van der Waals surface area contributed by atoms with Gasteiger partial charge >= 0.3 is 0 Å². The molecule has 2 aromatic carbocycles. The van der Waals surface area contributed by atoms with Gasteiger partial charge in [-0.25, -0.2) is 4.39 Å². The topological polar surface area (TPSA) is 67.4 Å². The Balaban J connectivity index is 1.84. The van der Waals surface area contributed by atoms with Crippen LogP contribution in [0.25, 0.3) is 0 Å². The van der Waals surface area contributed by atoms with Crippen LogP contribution >= 0.6 is 23.4 Å². The van der Waals surface area contributed by atoms with Crippen LogP contribution in [-0.4, -0.2) is 37.8 Å². The second kappa shape index (κ2) is 10.9. The van der Waals surface area contributed by atoms with Gasteiger partial charge in [-0.3, -0.25) is 9.59 Å². The number of methoxy groups -OCH3 is 1. The number of rotatable bonds is 9. The molecule has 0 saturated heterocycles. The second-order valence-corrected chi connectivity index (χ2v) is 7.06. The van der Waals surface area contributed by atoms with Crippen molar-refractivity contribution in [2.75, 3.05) is 31.3 Å². The Labute approximate surface area is 166 Å². The summed E-state index contributed by atoms with van der Waals surface area (Å²) in [7, 11) is 1.55. The Hall–Kier alpha value is -2.09. The molecule has 2 aromatic rings. The van der Waals surface area contributed by atoms with E-state index in [1.807, 2.05) is 0 Å². The Morgan fingerprint density at radius 1 is 1.22 bits per heavy atom. The summed E-state index contributed by atoms with van der Waals surface area (Å²) in [5.74, 6) is -0.377. The van der Waals surface area contributed by atoms with E-state index in [0.29, 0.717) is 35.1 Å². The average molecular weight is 411 g/mol. The Bertz CT molecular complexity index is 804. The molecule has 0 unspecified atom stereocenters. The van der Waals surface area contributed by atoms with E-state index in [0.717, 1.165) is 0 Å². The molecule has 0 fully saturated rings. The van der Waals surface area contributed by atoms with Gasteiger partial charge in [-0.05, 0) is 30.3 Å². The van der Waals surface area contributed by atoms with Crippen molar-refractivity contribution in [1.82, 2.24) is 5.32 Å². The lowest BCUT2D eigenvalue weighted by Gasteiger charge is -2.09. The van der Waals surface area contributed by atoms with Crippen LogP contribution in [0, 0.1) is 5.82 Å². The molecule has 0 bridgehead atoms. The van der Waals surface area contributed by atoms with Crippen molar-refractivity contribution in [2.45, 2.75) is 11.3 Å². The van der Waals surface area contributed by atoms with Gasteiger partial charge in [0.05, 0.1) is 17.2 Å². The van der Waals surface area contributed by atoms with Crippen molar-refractivity contribution in [3.8, 4) is 0 Å². The van der Waals surface area contributed by atoms with E-state index >= 15 is 0 Å². The molecule has 0 saturated carbocycles. The number of thioether (sulfide) groups is 1. The molecule has 2 rings (SSSR count). The predicted molar refractivity (Wildman–Crippen MR) is 106 cm³/mol. The van der Waals surface area contributed by atoms with Gasteiger partial charge in [-0.15, -0.1) is 11.8 Å². The molecule has 0 atom stereocenters. The molecule has 0 heterocycles. The molecule has 2 N–H and O–H groups in total. The van der Waals surface area contributed by atoms with E-state index in [9.17, 15) is 14.0 Å². The highest BCUT2D eigenvalue weighted by atomic mass is 35.5. The maximum Gasteiger partial charge on any atom is 0.252 e. The van der Waals surface area contributed by atoms with Crippen molar-refractivity contribution >= 4 is 40.9 Å². The van der Waals surface area contributed by atoms with Crippen LogP contribution in [0.4, 0.5) is 10.1 Å². The van der Waals surface area contributed by atoms with Crippen LogP contribution in [0.2, 0.25) is 5.02 Å². The standard InChI is InChI=1S/C19H20ClFN2O3S/c1-26-10-9-22-19(25)14-7-6-13(12-15(14)20)23-18(24)8-11-27-17-5-3-2-4-16(17)21/h2-7,12H,8-11H2,1H3,(H,22,25)(H,23,24). The number of hydrogen-bond acceptors (Lipinski definition) is 4. The van der Waals surface area contributed by atoms with Crippen molar-refractivity contribution < 1.29 is 18.7 Å². The zero-order valence-corrected chi connectivity index (χ0v) is 16.3. The lowest BCUT2D eigenvalue weighted by Crippen LogP contribution is -2.27. The van der Waals surface area contributed by atoms with E-state index < -0.39 is 0 Å². The first-order chi connectivity index (χ1) is 13.0. The van der Waals surface area contributed by atoms with Crippen LogP contribution in [0.5, 0.6) is 0 Å². The second-order valence-electron chi connectivity index (χ2n) is 5.52. The van der Waals surface area contributed by atoms with Crippen molar-refractivity contribution in [3.63, 3.8) is 0 Å². The number of anilines is 1. The molecule has 0 aliphatic rings. The van der Waals surface area contributed by atoms with Gasteiger partial charge < -0.3 is 15.4 Å². The number of carbonyl (C=O) groups is 2. The maximum absolute atomic E-state index is 13.5. The van der Waals surface area contributed by atoms with Gasteiger partial charge in [0, 0.05) is 36.4 Å². The number of carbonyl (C=O) groups excluding carboxylic acids is 2. The summed E-state index contributed by atoms with van der Waals surface area (Å²) in [4.78, 5) is 24.6. The fraction of sp³-hybridized carbons (Fsp3) is 0.263. The van der Waals surface area contributed by atoms with Crippen LogP contribution < -0.4 is 10.6 Å². The maximum atomic E-state index is 13.5. The highest BCUT2D eigenvalue weighted by molar-refractivity contribution is 7.99.